The summed E-state index contributed by atoms with van der Waals surface area (Å²) in [5.74, 6) is 0.476. The molecule has 0 spiro atoms. The van der Waals surface area contributed by atoms with E-state index in [-0.39, 0.29) is 23.6 Å². The van der Waals surface area contributed by atoms with Crippen molar-refractivity contribution in [3.63, 3.8) is 0 Å². The van der Waals surface area contributed by atoms with Crippen LogP contribution in [0.3, 0.4) is 0 Å². The Morgan fingerprint density at radius 3 is 2.64 bits per heavy atom. The van der Waals surface area contributed by atoms with Gasteiger partial charge in [0.1, 0.15) is 5.82 Å². The molecule has 0 aliphatic carbocycles. The number of carbonyl (C=O) groups excluding carboxylic acids is 2. The first-order valence-corrected chi connectivity index (χ1v) is 8.30. The van der Waals surface area contributed by atoms with E-state index in [1.165, 1.54) is 0 Å². The lowest BCUT2D eigenvalue weighted by Gasteiger charge is -2.17. The third-order valence-corrected chi connectivity index (χ3v) is 4.22. The van der Waals surface area contributed by atoms with Gasteiger partial charge in [0, 0.05) is 26.2 Å². The van der Waals surface area contributed by atoms with Gasteiger partial charge in [0.25, 0.3) is 5.91 Å². The minimum absolute atomic E-state index is 0.136. The fourth-order valence-electron chi connectivity index (χ4n) is 2.85. The topological polar surface area (TPSA) is 87.2 Å². The normalized spacial score (nSPS) is 16.5. The molecule has 130 valence electrons. The molecule has 0 saturated carbocycles. The van der Waals surface area contributed by atoms with Crippen LogP contribution < -0.4 is 10.6 Å². The maximum atomic E-state index is 12.4. The van der Waals surface area contributed by atoms with Gasteiger partial charge in [0.2, 0.25) is 5.91 Å². The van der Waals surface area contributed by atoms with Gasteiger partial charge in [-0.05, 0) is 24.1 Å². The molecular formula is C18H21N5O2. The monoisotopic (exact) mass is 339 g/mol. The molecule has 0 bridgehead atoms. The van der Waals surface area contributed by atoms with Gasteiger partial charge in [-0.25, -0.2) is 0 Å². The molecule has 1 aliphatic heterocycles. The third-order valence-electron chi connectivity index (χ3n) is 4.22. The Hall–Kier alpha value is -2.96. The van der Waals surface area contributed by atoms with Gasteiger partial charge >= 0.3 is 0 Å². The highest BCUT2D eigenvalue weighted by Crippen LogP contribution is 2.15. The van der Waals surface area contributed by atoms with Crippen molar-refractivity contribution in [2.75, 3.05) is 25.5 Å². The van der Waals surface area contributed by atoms with Gasteiger partial charge in [-0.3, -0.25) is 9.59 Å². The number of anilines is 1. The summed E-state index contributed by atoms with van der Waals surface area (Å²) in [7, 11) is 1.55. The van der Waals surface area contributed by atoms with Crippen molar-refractivity contribution >= 4 is 17.6 Å². The zero-order valence-corrected chi connectivity index (χ0v) is 14.1. The Bertz CT molecular complexity index is 733. The Morgan fingerprint density at radius 2 is 1.96 bits per heavy atom. The van der Waals surface area contributed by atoms with Crippen LogP contribution in [0.4, 0.5) is 5.82 Å². The van der Waals surface area contributed by atoms with E-state index in [1.807, 2.05) is 35.2 Å². The number of nitrogens with zero attached hydrogens (tertiary/aromatic N) is 3. The fraction of sp³-hybridized carbons (Fsp3) is 0.333. The molecule has 25 heavy (non-hydrogen) atoms. The molecule has 3 rings (SSSR count). The van der Waals surface area contributed by atoms with E-state index in [0.717, 1.165) is 18.5 Å². The van der Waals surface area contributed by atoms with Crippen molar-refractivity contribution in [1.82, 2.24) is 20.4 Å². The van der Waals surface area contributed by atoms with Crippen LogP contribution in [0.5, 0.6) is 0 Å². The molecule has 1 atom stereocenters. The summed E-state index contributed by atoms with van der Waals surface area (Å²) in [6, 6.07) is 13.3. The number of aromatic nitrogens is 2. The zero-order chi connectivity index (χ0) is 17.6. The largest absolute Gasteiger partial charge is 0.364 e. The molecule has 1 fully saturated rings. The minimum atomic E-state index is -0.266. The van der Waals surface area contributed by atoms with Crippen LogP contribution in [0, 0.1) is 0 Å². The van der Waals surface area contributed by atoms with E-state index in [1.54, 1.807) is 19.2 Å². The minimum Gasteiger partial charge on any atom is -0.364 e. The van der Waals surface area contributed by atoms with Crippen molar-refractivity contribution in [3.8, 4) is 0 Å². The summed E-state index contributed by atoms with van der Waals surface area (Å²) < 4.78 is 0. The standard InChI is InChI=1S/C18H21N5O2/c1-19-18(25)15-7-8-16(22-21-15)20-14-9-10-23(12-14)17(24)11-13-5-3-2-4-6-13/h2-8,14H,9-12H2,1H3,(H,19,25)(H,20,22). The van der Waals surface area contributed by atoms with Crippen LogP contribution in [0.2, 0.25) is 0 Å². The second-order valence-corrected chi connectivity index (χ2v) is 6.02. The molecule has 1 aromatic carbocycles. The van der Waals surface area contributed by atoms with Crippen molar-refractivity contribution in [3.05, 3.63) is 53.7 Å². The molecule has 2 aromatic rings. The maximum absolute atomic E-state index is 12.4. The van der Waals surface area contributed by atoms with Gasteiger partial charge in [0.05, 0.1) is 6.42 Å². The molecule has 7 nitrogen and oxygen atoms in total. The first-order valence-electron chi connectivity index (χ1n) is 8.30. The van der Waals surface area contributed by atoms with Gasteiger partial charge < -0.3 is 15.5 Å². The van der Waals surface area contributed by atoms with Gasteiger partial charge in [-0.2, -0.15) is 0 Å². The molecule has 2 amide bonds. The number of carbonyl (C=O) groups is 2. The highest BCUT2D eigenvalue weighted by Gasteiger charge is 2.26. The van der Waals surface area contributed by atoms with Gasteiger partial charge in [-0.15, -0.1) is 10.2 Å². The predicted molar refractivity (Wildman–Crippen MR) is 94.2 cm³/mol. The number of hydrogen-bond acceptors (Lipinski definition) is 5. The van der Waals surface area contributed by atoms with Crippen molar-refractivity contribution < 1.29 is 9.59 Å². The summed E-state index contributed by atoms with van der Waals surface area (Å²) in [5.41, 5.74) is 1.30. The van der Waals surface area contributed by atoms with Crippen molar-refractivity contribution in [1.29, 1.82) is 0 Å². The first-order chi connectivity index (χ1) is 12.2. The molecule has 1 aliphatic rings. The summed E-state index contributed by atoms with van der Waals surface area (Å²) in [5, 5.41) is 13.7. The smallest absolute Gasteiger partial charge is 0.271 e. The lowest BCUT2D eigenvalue weighted by Crippen LogP contribution is -2.32. The highest BCUT2D eigenvalue weighted by molar-refractivity contribution is 5.91. The predicted octanol–water partition coefficient (Wildman–Crippen LogP) is 1.09. The Morgan fingerprint density at radius 1 is 1.16 bits per heavy atom. The van der Waals surface area contributed by atoms with E-state index < -0.39 is 0 Å². The van der Waals surface area contributed by atoms with E-state index in [4.69, 9.17) is 0 Å². The van der Waals surface area contributed by atoms with Crippen LogP contribution in [0.25, 0.3) is 0 Å². The van der Waals surface area contributed by atoms with Crippen molar-refractivity contribution in [2.24, 2.45) is 0 Å². The lowest BCUT2D eigenvalue weighted by atomic mass is 10.1. The van der Waals surface area contributed by atoms with Crippen LogP contribution >= 0.6 is 0 Å². The zero-order valence-electron chi connectivity index (χ0n) is 14.1. The summed E-state index contributed by atoms with van der Waals surface area (Å²) in [4.78, 5) is 25.7. The molecule has 2 N–H and O–H groups in total. The van der Waals surface area contributed by atoms with E-state index >= 15 is 0 Å². The number of amides is 2. The fourth-order valence-corrected chi connectivity index (χ4v) is 2.85. The maximum Gasteiger partial charge on any atom is 0.271 e. The molecule has 7 heteroatoms. The molecule has 1 saturated heterocycles. The Kier molecular flexibility index (Phi) is 5.23. The lowest BCUT2D eigenvalue weighted by molar-refractivity contribution is -0.129. The van der Waals surface area contributed by atoms with Crippen molar-refractivity contribution in [2.45, 2.75) is 18.9 Å². The average molecular weight is 339 g/mol. The van der Waals surface area contributed by atoms with Crippen LogP contribution in [0.1, 0.15) is 22.5 Å². The SMILES string of the molecule is CNC(=O)c1ccc(NC2CCN(C(=O)Cc3ccccc3)C2)nn1. The van der Waals surface area contributed by atoms with Gasteiger partial charge in [-0.1, -0.05) is 30.3 Å². The van der Waals surface area contributed by atoms with E-state index in [9.17, 15) is 9.59 Å². The van der Waals surface area contributed by atoms with Crippen LogP contribution in [-0.2, 0) is 11.2 Å². The van der Waals surface area contributed by atoms with Crippen LogP contribution in [0.15, 0.2) is 42.5 Å². The summed E-state index contributed by atoms with van der Waals surface area (Å²) in [6.45, 7) is 1.37. The summed E-state index contributed by atoms with van der Waals surface area (Å²) >= 11 is 0. The van der Waals surface area contributed by atoms with E-state index in [2.05, 4.69) is 20.8 Å². The molecular weight excluding hydrogens is 318 g/mol. The molecule has 1 aromatic heterocycles. The summed E-state index contributed by atoms with van der Waals surface area (Å²) in [6.07, 6.45) is 1.29. The number of hydrogen-bond donors (Lipinski definition) is 2. The van der Waals surface area contributed by atoms with E-state index in [0.29, 0.717) is 18.8 Å². The van der Waals surface area contributed by atoms with Gasteiger partial charge in [0.15, 0.2) is 5.69 Å². The second kappa shape index (κ2) is 7.74. The number of nitrogens with one attached hydrogen (secondary N) is 2. The number of benzene rings is 1. The Labute approximate surface area is 146 Å². The Balaban J connectivity index is 1.52. The molecule has 2 heterocycles. The third kappa shape index (κ3) is 4.32. The molecule has 1 unspecified atom stereocenters. The number of likely N-dealkylation sites (tertiary alicyclic amines) is 1. The highest BCUT2D eigenvalue weighted by atomic mass is 16.2. The second-order valence-electron chi connectivity index (χ2n) is 6.02. The first kappa shape index (κ1) is 16.9. The average Bonchev–Trinajstić information content (AvgIpc) is 3.11. The quantitative estimate of drug-likeness (QED) is 0.851. The molecule has 0 radical (unpaired) electrons. The number of rotatable bonds is 5. The van der Waals surface area contributed by atoms with Crippen LogP contribution in [-0.4, -0.2) is 53.1 Å².